The number of aromatic amines is 1. The van der Waals surface area contributed by atoms with Crippen LogP contribution < -0.4 is 10.6 Å². The topological polar surface area (TPSA) is 78.5 Å². The summed E-state index contributed by atoms with van der Waals surface area (Å²) in [6, 6.07) is 20.4. The number of anilines is 3. The van der Waals surface area contributed by atoms with E-state index in [4.69, 9.17) is 0 Å². The van der Waals surface area contributed by atoms with Crippen LogP contribution in [0.25, 0.3) is 21.8 Å². The predicted molar refractivity (Wildman–Crippen MR) is 122 cm³/mol. The Balaban J connectivity index is 1.32. The van der Waals surface area contributed by atoms with Crippen LogP contribution in [0.3, 0.4) is 0 Å². The van der Waals surface area contributed by atoms with E-state index in [-0.39, 0.29) is 0 Å². The Morgan fingerprint density at radius 1 is 0.933 bits per heavy atom. The van der Waals surface area contributed by atoms with Crippen molar-refractivity contribution in [3.05, 3.63) is 84.4 Å². The molecule has 2 aromatic carbocycles. The molecule has 3 heterocycles. The van der Waals surface area contributed by atoms with E-state index in [1.54, 1.807) is 6.20 Å². The summed E-state index contributed by atoms with van der Waals surface area (Å²) in [5.41, 5.74) is 4.31. The summed E-state index contributed by atoms with van der Waals surface area (Å²) in [5.74, 6) is 2.26. The minimum Gasteiger partial charge on any atom is -0.370 e. The first-order valence-electron chi connectivity index (χ1n) is 10.0. The number of aromatic nitrogens is 4. The van der Waals surface area contributed by atoms with Gasteiger partial charge in [-0.25, -0.2) is 9.97 Å². The molecule has 0 saturated heterocycles. The first kappa shape index (κ1) is 18.1. The lowest BCUT2D eigenvalue weighted by Gasteiger charge is -2.11. The Morgan fingerprint density at radius 2 is 1.80 bits per heavy atom. The molecule has 0 fully saturated rings. The number of aryl methyl sites for hydroxylation is 1. The average molecular weight is 394 g/mol. The fraction of sp³-hybridized carbons (Fsp3) is 0.125. The maximum atomic E-state index is 4.54. The predicted octanol–water partition coefficient (Wildman–Crippen LogP) is 5.21. The molecule has 0 bridgehead atoms. The SMILES string of the molecule is Cc1nc(NCCc2c[nH]c3ccccc23)cc(Nc2cccc3cccnc23)n1. The van der Waals surface area contributed by atoms with E-state index < -0.39 is 0 Å². The van der Waals surface area contributed by atoms with Crippen molar-refractivity contribution in [3.63, 3.8) is 0 Å². The number of pyridine rings is 1. The van der Waals surface area contributed by atoms with E-state index in [2.05, 4.69) is 67.1 Å². The Bertz CT molecular complexity index is 1320. The molecule has 0 unspecified atom stereocenters. The van der Waals surface area contributed by atoms with E-state index in [1.165, 1.54) is 16.5 Å². The summed E-state index contributed by atoms with van der Waals surface area (Å²) in [6.07, 6.45) is 4.79. The van der Waals surface area contributed by atoms with Crippen molar-refractivity contribution in [2.24, 2.45) is 0 Å². The summed E-state index contributed by atoms with van der Waals surface area (Å²) in [5, 5.41) is 9.18. The first-order chi connectivity index (χ1) is 14.8. The van der Waals surface area contributed by atoms with Gasteiger partial charge in [0.15, 0.2) is 0 Å². The molecule has 3 aromatic heterocycles. The molecule has 0 saturated carbocycles. The van der Waals surface area contributed by atoms with Crippen molar-refractivity contribution in [2.45, 2.75) is 13.3 Å². The molecule has 3 N–H and O–H groups in total. The van der Waals surface area contributed by atoms with Crippen LogP contribution >= 0.6 is 0 Å². The molecule has 0 aliphatic carbocycles. The van der Waals surface area contributed by atoms with Gasteiger partial charge in [0.05, 0.1) is 11.2 Å². The van der Waals surface area contributed by atoms with Crippen LogP contribution in [0.4, 0.5) is 17.3 Å². The number of hydrogen-bond acceptors (Lipinski definition) is 5. The number of H-pyrrole nitrogens is 1. The minimum absolute atomic E-state index is 0.711. The van der Waals surface area contributed by atoms with Gasteiger partial charge >= 0.3 is 0 Å². The molecule has 0 aliphatic heterocycles. The van der Waals surface area contributed by atoms with Gasteiger partial charge in [0.2, 0.25) is 0 Å². The molecule has 6 heteroatoms. The highest BCUT2D eigenvalue weighted by Gasteiger charge is 2.07. The van der Waals surface area contributed by atoms with Crippen molar-refractivity contribution in [3.8, 4) is 0 Å². The first-order valence-corrected chi connectivity index (χ1v) is 10.0. The molecule has 5 rings (SSSR count). The lowest BCUT2D eigenvalue weighted by atomic mass is 10.1. The van der Waals surface area contributed by atoms with E-state index in [1.807, 2.05) is 37.3 Å². The molecule has 0 atom stereocenters. The number of benzene rings is 2. The lowest BCUT2D eigenvalue weighted by molar-refractivity contribution is 0.988. The summed E-state index contributed by atoms with van der Waals surface area (Å²) in [6.45, 7) is 2.69. The van der Waals surface area contributed by atoms with E-state index >= 15 is 0 Å². The Morgan fingerprint density at radius 3 is 2.77 bits per heavy atom. The van der Waals surface area contributed by atoms with Crippen LogP contribution in [0, 0.1) is 6.92 Å². The Hall–Kier alpha value is -3.93. The second-order valence-corrected chi connectivity index (χ2v) is 7.23. The van der Waals surface area contributed by atoms with Gasteiger partial charge in [0.25, 0.3) is 0 Å². The average Bonchev–Trinajstić information content (AvgIpc) is 3.17. The molecular weight excluding hydrogens is 372 g/mol. The van der Waals surface area contributed by atoms with E-state index in [0.29, 0.717) is 5.82 Å². The van der Waals surface area contributed by atoms with Crippen LogP contribution in [0.15, 0.2) is 73.1 Å². The van der Waals surface area contributed by atoms with Crippen molar-refractivity contribution < 1.29 is 0 Å². The van der Waals surface area contributed by atoms with Crippen molar-refractivity contribution >= 4 is 39.1 Å². The largest absolute Gasteiger partial charge is 0.370 e. The maximum Gasteiger partial charge on any atom is 0.136 e. The third-order valence-corrected chi connectivity index (χ3v) is 5.11. The molecule has 0 spiro atoms. The van der Waals surface area contributed by atoms with Crippen LogP contribution in [0.5, 0.6) is 0 Å². The smallest absolute Gasteiger partial charge is 0.136 e. The van der Waals surface area contributed by atoms with Gasteiger partial charge in [0, 0.05) is 41.3 Å². The molecule has 6 nitrogen and oxygen atoms in total. The second-order valence-electron chi connectivity index (χ2n) is 7.23. The molecular formula is C24H22N6. The lowest BCUT2D eigenvalue weighted by Crippen LogP contribution is -2.08. The number of rotatable bonds is 6. The van der Waals surface area contributed by atoms with Crippen LogP contribution in [-0.4, -0.2) is 26.5 Å². The standard InChI is InChI=1S/C24H22N6/c1-16-28-22(25-13-11-18-15-27-20-9-3-2-8-19(18)20)14-23(29-16)30-21-10-4-6-17-7-5-12-26-24(17)21/h2-10,12,14-15,27H,11,13H2,1H3,(H2,25,28,29,30). The molecule has 0 aliphatic rings. The van der Waals surface area contributed by atoms with Crippen LogP contribution in [0.1, 0.15) is 11.4 Å². The summed E-state index contributed by atoms with van der Waals surface area (Å²) in [4.78, 5) is 16.9. The number of fused-ring (bicyclic) bond motifs is 2. The van der Waals surface area contributed by atoms with Gasteiger partial charge in [-0.1, -0.05) is 36.4 Å². The molecule has 5 aromatic rings. The number of nitrogens with one attached hydrogen (secondary N) is 3. The molecule has 0 amide bonds. The fourth-order valence-corrected chi connectivity index (χ4v) is 3.73. The third kappa shape index (κ3) is 3.67. The Labute approximate surface area is 174 Å². The van der Waals surface area contributed by atoms with E-state index in [9.17, 15) is 0 Å². The van der Waals surface area contributed by atoms with Crippen LogP contribution in [-0.2, 0) is 6.42 Å². The van der Waals surface area contributed by atoms with Crippen LogP contribution in [0.2, 0.25) is 0 Å². The van der Waals surface area contributed by atoms with Gasteiger partial charge in [-0.05, 0) is 37.1 Å². The highest BCUT2D eigenvalue weighted by Crippen LogP contribution is 2.25. The van der Waals surface area contributed by atoms with Gasteiger partial charge < -0.3 is 15.6 Å². The van der Waals surface area contributed by atoms with Crippen molar-refractivity contribution in [1.29, 1.82) is 0 Å². The van der Waals surface area contributed by atoms with Gasteiger partial charge in [-0.15, -0.1) is 0 Å². The highest BCUT2D eigenvalue weighted by atomic mass is 15.1. The monoisotopic (exact) mass is 394 g/mol. The van der Waals surface area contributed by atoms with Gasteiger partial charge in [-0.2, -0.15) is 0 Å². The number of para-hydroxylation sites is 2. The third-order valence-electron chi connectivity index (χ3n) is 5.11. The van der Waals surface area contributed by atoms with Gasteiger partial charge in [0.1, 0.15) is 17.5 Å². The van der Waals surface area contributed by atoms with Crippen molar-refractivity contribution in [2.75, 3.05) is 17.2 Å². The molecule has 30 heavy (non-hydrogen) atoms. The highest BCUT2D eigenvalue weighted by molar-refractivity contribution is 5.91. The second kappa shape index (κ2) is 7.83. The quantitative estimate of drug-likeness (QED) is 0.368. The minimum atomic E-state index is 0.711. The summed E-state index contributed by atoms with van der Waals surface area (Å²) < 4.78 is 0. The number of hydrogen-bond donors (Lipinski definition) is 3. The Kier molecular flexibility index (Phi) is 4.73. The maximum absolute atomic E-state index is 4.54. The van der Waals surface area contributed by atoms with Gasteiger partial charge in [-0.3, -0.25) is 4.98 Å². The number of nitrogens with zero attached hydrogens (tertiary/aromatic N) is 3. The summed E-state index contributed by atoms with van der Waals surface area (Å²) in [7, 11) is 0. The summed E-state index contributed by atoms with van der Waals surface area (Å²) >= 11 is 0. The molecule has 148 valence electrons. The zero-order valence-corrected chi connectivity index (χ0v) is 16.7. The van der Waals surface area contributed by atoms with Crippen molar-refractivity contribution in [1.82, 2.24) is 19.9 Å². The molecule has 0 radical (unpaired) electrons. The zero-order chi connectivity index (χ0) is 20.3. The fourth-order valence-electron chi connectivity index (χ4n) is 3.73. The van der Waals surface area contributed by atoms with E-state index in [0.717, 1.165) is 41.2 Å². The normalized spacial score (nSPS) is 11.1. The zero-order valence-electron chi connectivity index (χ0n) is 16.7.